The van der Waals surface area contributed by atoms with Crippen molar-refractivity contribution in [2.45, 2.75) is 18.7 Å². The molecule has 2 unspecified atom stereocenters. The van der Waals surface area contributed by atoms with E-state index in [2.05, 4.69) is 5.32 Å². The van der Waals surface area contributed by atoms with E-state index in [-0.39, 0.29) is 18.4 Å². The molecule has 8 heteroatoms. The van der Waals surface area contributed by atoms with Gasteiger partial charge in [-0.25, -0.2) is 4.79 Å². The maximum Gasteiger partial charge on any atom is 0.411 e. The quantitative estimate of drug-likeness (QED) is 0.573. The summed E-state index contributed by atoms with van der Waals surface area (Å²) in [4.78, 5) is 42.3. The van der Waals surface area contributed by atoms with Gasteiger partial charge in [-0.2, -0.15) is 0 Å². The van der Waals surface area contributed by atoms with Crippen LogP contribution in [0, 0.1) is 0 Å². The Kier molecular flexibility index (Phi) is 6.95. The molecule has 36 heavy (non-hydrogen) atoms. The molecule has 8 nitrogen and oxygen atoms in total. The SMILES string of the molecule is O=C(Nc1ccc(C2OC(=O)N(Cc3ccccc3)C2C(=O)N2CCOCC2)cc1)c1ccccc1. The number of anilines is 1. The van der Waals surface area contributed by atoms with E-state index in [4.69, 9.17) is 9.47 Å². The van der Waals surface area contributed by atoms with E-state index >= 15 is 0 Å². The molecule has 0 spiro atoms. The van der Waals surface area contributed by atoms with Crippen molar-refractivity contribution in [2.75, 3.05) is 31.6 Å². The minimum Gasteiger partial charge on any atom is -0.438 e. The molecule has 2 atom stereocenters. The number of nitrogens with one attached hydrogen (secondary N) is 1. The lowest BCUT2D eigenvalue weighted by atomic mass is 9.99. The van der Waals surface area contributed by atoms with Gasteiger partial charge in [0.05, 0.1) is 19.8 Å². The zero-order valence-corrected chi connectivity index (χ0v) is 19.7. The van der Waals surface area contributed by atoms with Gasteiger partial charge in [0.25, 0.3) is 5.91 Å². The second-order valence-corrected chi connectivity index (χ2v) is 8.74. The molecule has 0 bridgehead atoms. The molecular formula is C28H27N3O5. The van der Waals surface area contributed by atoms with Gasteiger partial charge in [0.1, 0.15) is 0 Å². The number of carbonyl (C=O) groups excluding carboxylic acids is 3. The van der Waals surface area contributed by atoms with E-state index in [0.717, 1.165) is 5.56 Å². The average Bonchev–Trinajstić information content (AvgIpc) is 3.25. The number of benzene rings is 3. The Bertz CT molecular complexity index is 1210. The summed E-state index contributed by atoms with van der Waals surface area (Å²) in [5.74, 6) is -0.378. The molecular weight excluding hydrogens is 458 g/mol. The molecule has 184 valence electrons. The minimum atomic E-state index is -0.805. The van der Waals surface area contributed by atoms with Crippen LogP contribution in [0.5, 0.6) is 0 Å². The van der Waals surface area contributed by atoms with E-state index in [9.17, 15) is 14.4 Å². The van der Waals surface area contributed by atoms with E-state index in [0.29, 0.717) is 43.1 Å². The maximum atomic E-state index is 13.6. The van der Waals surface area contributed by atoms with Crippen molar-refractivity contribution < 1.29 is 23.9 Å². The molecule has 3 aromatic rings. The highest BCUT2D eigenvalue weighted by Crippen LogP contribution is 2.35. The van der Waals surface area contributed by atoms with Crippen LogP contribution in [-0.4, -0.2) is 60.1 Å². The van der Waals surface area contributed by atoms with Gasteiger partial charge in [0.2, 0.25) is 5.91 Å². The topological polar surface area (TPSA) is 88.2 Å². The van der Waals surface area contributed by atoms with Crippen molar-refractivity contribution in [1.29, 1.82) is 0 Å². The zero-order valence-electron chi connectivity index (χ0n) is 19.7. The lowest BCUT2D eigenvalue weighted by Crippen LogP contribution is -2.51. The highest BCUT2D eigenvalue weighted by Gasteiger charge is 2.48. The number of carbonyl (C=O) groups is 3. The lowest BCUT2D eigenvalue weighted by molar-refractivity contribution is -0.141. The van der Waals surface area contributed by atoms with Crippen LogP contribution in [0.3, 0.4) is 0 Å². The molecule has 0 aliphatic carbocycles. The standard InChI is InChI=1S/C28H27N3O5/c32-26(22-9-5-2-6-10-22)29-23-13-11-21(12-14-23)25-24(27(33)30-15-17-35-18-16-30)31(28(34)36-25)19-20-7-3-1-4-8-20/h1-14,24-25H,15-19H2,(H,29,32). The van der Waals surface area contributed by atoms with E-state index in [1.54, 1.807) is 53.4 Å². The van der Waals surface area contributed by atoms with Gasteiger partial charge in [-0.15, -0.1) is 0 Å². The summed E-state index contributed by atoms with van der Waals surface area (Å²) in [6.07, 6.45) is -1.30. The first kappa shape index (κ1) is 23.6. The third-order valence-corrected chi connectivity index (χ3v) is 6.39. The van der Waals surface area contributed by atoms with Gasteiger partial charge in [0, 0.05) is 24.3 Å². The van der Waals surface area contributed by atoms with E-state index < -0.39 is 18.2 Å². The third kappa shape index (κ3) is 5.08. The van der Waals surface area contributed by atoms with Crippen molar-refractivity contribution in [3.05, 3.63) is 102 Å². The van der Waals surface area contributed by atoms with Crippen molar-refractivity contribution >= 4 is 23.6 Å². The van der Waals surface area contributed by atoms with Gasteiger partial charge in [-0.05, 0) is 35.4 Å². The summed E-state index contributed by atoms with van der Waals surface area (Å²) in [5, 5.41) is 2.87. The fraction of sp³-hybridized carbons (Fsp3) is 0.250. The summed E-state index contributed by atoms with van der Waals surface area (Å²) in [6, 6.07) is 24.7. The monoisotopic (exact) mass is 485 g/mol. The Labute approximate surface area is 209 Å². The summed E-state index contributed by atoms with van der Waals surface area (Å²) < 4.78 is 11.2. The van der Waals surface area contributed by atoms with Crippen LogP contribution >= 0.6 is 0 Å². The fourth-order valence-corrected chi connectivity index (χ4v) is 4.49. The second-order valence-electron chi connectivity index (χ2n) is 8.74. The van der Waals surface area contributed by atoms with Crippen LogP contribution in [0.2, 0.25) is 0 Å². The number of amides is 3. The van der Waals surface area contributed by atoms with Crippen LogP contribution < -0.4 is 5.32 Å². The molecule has 2 saturated heterocycles. The second kappa shape index (κ2) is 10.6. The van der Waals surface area contributed by atoms with Gasteiger partial charge in [-0.3, -0.25) is 14.5 Å². The molecule has 3 amide bonds. The van der Waals surface area contributed by atoms with Crippen LogP contribution in [0.1, 0.15) is 27.6 Å². The zero-order chi connectivity index (χ0) is 24.9. The number of ether oxygens (including phenoxy) is 2. The summed E-state index contributed by atoms with van der Waals surface area (Å²) in [7, 11) is 0. The summed E-state index contributed by atoms with van der Waals surface area (Å²) >= 11 is 0. The number of hydrogen-bond acceptors (Lipinski definition) is 5. The molecule has 2 fully saturated rings. The van der Waals surface area contributed by atoms with Crippen molar-refractivity contribution in [3.63, 3.8) is 0 Å². The normalized spacial score (nSPS) is 19.6. The van der Waals surface area contributed by atoms with Gasteiger partial charge >= 0.3 is 6.09 Å². The molecule has 2 aliphatic rings. The highest BCUT2D eigenvalue weighted by molar-refractivity contribution is 6.04. The first-order chi connectivity index (χ1) is 17.6. The minimum absolute atomic E-state index is 0.161. The van der Waals surface area contributed by atoms with Crippen LogP contribution in [0.15, 0.2) is 84.9 Å². The smallest absolute Gasteiger partial charge is 0.411 e. The van der Waals surface area contributed by atoms with Crippen LogP contribution in [0.25, 0.3) is 0 Å². The molecule has 2 aliphatic heterocycles. The Morgan fingerprint density at radius 3 is 2.17 bits per heavy atom. The number of rotatable bonds is 6. The predicted molar refractivity (Wildman–Crippen MR) is 133 cm³/mol. The molecule has 0 radical (unpaired) electrons. The Balaban J connectivity index is 1.38. The number of nitrogens with zero attached hydrogens (tertiary/aromatic N) is 2. The van der Waals surface area contributed by atoms with Crippen LogP contribution in [-0.2, 0) is 20.8 Å². The van der Waals surface area contributed by atoms with Gasteiger partial charge < -0.3 is 19.7 Å². The first-order valence-corrected chi connectivity index (χ1v) is 11.9. The van der Waals surface area contributed by atoms with Crippen molar-refractivity contribution in [1.82, 2.24) is 9.80 Å². The summed E-state index contributed by atoms with van der Waals surface area (Å²) in [5.41, 5.74) is 2.75. The molecule has 3 aromatic carbocycles. The molecule has 2 heterocycles. The molecule has 5 rings (SSSR count). The highest BCUT2D eigenvalue weighted by atomic mass is 16.6. The number of morpholine rings is 1. The van der Waals surface area contributed by atoms with E-state index in [1.165, 1.54) is 4.90 Å². The van der Waals surface area contributed by atoms with Crippen LogP contribution in [0.4, 0.5) is 10.5 Å². The Hall–Kier alpha value is -4.17. The summed E-state index contributed by atoms with van der Waals surface area (Å²) in [6.45, 7) is 2.14. The largest absolute Gasteiger partial charge is 0.438 e. The Morgan fingerprint density at radius 2 is 1.50 bits per heavy atom. The van der Waals surface area contributed by atoms with Gasteiger partial charge in [-0.1, -0.05) is 60.7 Å². The third-order valence-electron chi connectivity index (χ3n) is 6.39. The predicted octanol–water partition coefficient (Wildman–Crippen LogP) is 3.86. The fourth-order valence-electron chi connectivity index (χ4n) is 4.49. The molecule has 0 saturated carbocycles. The molecule has 1 N–H and O–H groups in total. The Morgan fingerprint density at radius 1 is 0.861 bits per heavy atom. The molecule has 0 aromatic heterocycles. The van der Waals surface area contributed by atoms with E-state index in [1.807, 2.05) is 36.4 Å². The van der Waals surface area contributed by atoms with Crippen molar-refractivity contribution in [3.8, 4) is 0 Å². The number of hydrogen-bond donors (Lipinski definition) is 1. The number of cyclic esters (lactones) is 1. The maximum absolute atomic E-state index is 13.6. The van der Waals surface area contributed by atoms with Gasteiger partial charge in [0.15, 0.2) is 12.1 Å². The van der Waals surface area contributed by atoms with Crippen molar-refractivity contribution in [2.24, 2.45) is 0 Å². The lowest BCUT2D eigenvalue weighted by Gasteiger charge is -2.32. The first-order valence-electron chi connectivity index (χ1n) is 11.9. The average molecular weight is 486 g/mol.